The highest BCUT2D eigenvalue weighted by molar-refractivity contribution is 6.31. The molecule has 0 fully saturated rings. The van der Waals surface area contributed by atoms with Crippen molar-refractivity contribution in [2.75, 3.05) is 0 Å². The lowest BCUT2D eigenvalue weighted by atomic mass is 9.93. The zero-order valence-electron chi connectivity index (χ0n) is 20.7. The first-order chi connectivity index (χ1) is 19.2. The molecular weight excluding hydrogens is 519 g/mol. The van der Waals surface area contributed by atoms with Gasteiger partial charge in [0.05, 0.1) is 16.7 Å². The lowest BCUT2D eigenvalue weighted by molar-refractivity contribution is 1.25. The van der Waals surface area contributed by atoms with Crippen LogP contribution in [0, 0.1) is 0 Å². The van der Waals surface area contributed by atoms with Crippen LogP contribution in [-0.2, 0) is 0 Å². The van der Waals surface area contributed by atoms with Crippen molar-refractivity contribution in [2.45, 2.75) is 0 Å². The highest BCUT2D eigenvalue weighted by Gasteiger charge is 2.23. The summed E-state index contributed by atoms with van der Waals surface area (Å²) < 4.78 is 2.36. The van der Waals surface area contributed by atoms with Crippen molar-refractivity contribution in [1.29, 1.82) is 0 Å². The number of benzene rings is 6. The molecule has 0 N–H and O–H groups in total. The van der Waals surface area contributed by atoms with Crippen molar-refractivity contribution in [3.05, 3.63) is 131 Å². The first-order valence-corrected chi connectivity index (χ1v) is 13.6. The summed E-state index contributed by atoms with van der Waals surface area (Å²) in [5.41, 5.74) is 7.40. The quantitative estimate of drug-likeness (QED) is 0.200. The number of nitrogens with zero attached hydrogens (tertiary/aromatic N) is 2. The van der Waals surface area contributed by atoms with Crippen molar-refractivity contribution >= 4 is 72.2 Å². The second kappa shape index (κ2) is 8.57. The number of hydrogen-bond donors (Lipinski definition) is 0. The average molecular weight is 539 g/mol. The Morgan fingerprint density at radius 3 is 1.59 bits per heavy atom. The molecule has 6 aromatic carbocycles. The molecule has 0 amide bonds. The second-order valence-electron chi connectivity index (χ2n) is 9.84. The summed E-state index contributed by atoms with van der Waals surface area (Å²) in [7, 11) is 0. The lowest BCUT2D eigenvalue weighted by Gasteiger charge is -2.18. The SMILES string of the molecule is Clc1ccc(-c2c(-c3ccc(Cl)cc3)n3c(nc4c5ccccc5c5ccccc5c43)c3ccccc23)cc1. The molecule has 0 aliphatic carbocycles. The van der Waals surface area contributed by atoms with Gasteiger partial charge in [-0.25, -0.2) is 4.98 Å². The van der Waals surface area contributed by atoms with Gasteiger partial charge in [0.1, 0.15) is 5.65 Å². The molecule has 39 heavy (non-hydrogen) atoms. The Morgan fingerprint density at radius 2 is 0.949 bits per heavy atom. The maximum atomic E-state index is 6.37. The number of pyridine rings is 1. The third-order valence-electron chi connectivity index (χ3n) is 7.68. The molecule has 0 saturated carbocycles. The number of halogens is 2. The molecular formula is C35H20Cl2N2. The van der Waals surface area contributed by atoms with Crippen LogP contribution >= 0.6 is 23.2 Å². The number of fused-ring (bicyclic) bond motifs is 10. The summed E-state index contributed by atoms with van der Waals surface area (Å²) in [6, 6.07) is 42.0. The van der Waals surface area contributed by atoms with E-state index in [1.807, 2.05) is 24.3 Å². The molecule has 0 saturated heterocycles. The van der Waals surface area contributed by atoms with E-state index in [0.717, 1.165) is 55.2 Å². The summed E-state index contributed by atoms with van der Waals surface area (Å²) >= 11 is 12.7. The molecule has 184 valence electrons. The van der Waals surface area contributed by atoms with Gasteiger partial charge in [0.15, 0.2) is 0 Å². The van der Waals surface area contributed by atoms with Gasteiger partial charge >= 0.3 is 0 Å². The van der Waals surface area contributed by atoms with Crippen LogP contribution in [0.1, 0.15) is 0 Å². The topological polar surface area (TPSA) is 17.3 Å². The van der Waals surface area contributed by atoms with Gasteiger partial charge in [0, 0.05) is 31.8 Å². The fraction of sp³-hybridized carbons (Fsp3) is 0. The first kappa shape index (κ1) is 22.6. The van der Waals surface area contributed by atoms with E-state index in [4.69, 9.17) is 28.2 Å². The molecule has 8 rings (SSSR count). The molecule has 0 spiro atoms. The van der Waals surface area contributed by atoms with E-state index in [0.29, 0.717) is 10.0 Å². The number of hydrogen-bond acceptors (Lipinski definition) is 1. The zero-order valence-corrected chi connectivity index (χ0v) is 22.2. The van der Waals surface area contributed by atoms with Crippen molar-refractivity contribution in [1.82, 2.24) is 9.38 Å². The molecule has 2 aromatic heterocycles. The molecule has 0 atom stereocenters. The Morgan fingerprint density at radius 1 is 0.462 bits per heavy atom. The van der Waals surface area contributed by atoms with E-state index in [9.17, 15) is 0 Å². The Balaban J connectivity index is 1.72. The second-order valence-corrected chi connectivity index (χ2v) is 10.7. The molecule has 2 nitrogen and oxygen atoms in total. The lowest BCUT2D eigenvalue weighted by Crippen LogP contribution is -1.99. The monoisotopic (exact) mass is 538 g/mol. The first-order valence-electron chi connectivity index (χ1n) is 12.9. The third kappa shape index (κ3) is 3.32. The Bertz CT molecular complexity index is 2230. The number of rotatable bonds is 2. The van der Waals surface area contributed by atoms with Gasteiger partial charge < -0.3 is 0 Å². The predicted octanol–water partition coefficient (Wildman–Crippen LogP) is 10.6. The Kier molecular flexibility index (Phi) is 4.97. The average Bonchev–Trinajstić information content (AvgIpc) is 3.39. The van der Waals surface area contributed by atoms with Crippen molar-refractivity contribution in [3.8, 4) is 22.4 Å². The van der Waals surface area contributed by atoms with E-state index >= 15 is 0 Å². The fourth-order valence-corrected chi connectivity index (χ4v) is 6.28. The highest BCUT2D eigenvalue weighted by atomic mass is 35.5. The van der Waals surface area contributed by atoms with Crippen LogP contribution in [0.3, 0.4) is 0 Å². The molecule has 4 heteroatoms. The van der Waals surface area contributed by atoms with Crippen LogP contribution in [0.2, 0.25) is 10.0 Å². The van der Waals surface area contributed by atoms with Crippen LogP contribution in [0.25, 0.3) is 71.4 Å². The number of aromatic nitrogens is 2. The van der Waals surface area contributed by atoms with Gasteiger partial charge in [-0.05, 0) is 51.6 Å². The van der Waals surface area contributed by atoms with Crippen molar-refractivity contribution in [3.63, 3.8) is 0 Å². The predicted molar refractivity (Wildman–Crippen MR) is 166 cm³/mol. The Hall–Kier alpha value is -4.37. The molecule has 0 unspecified atom stereocenters. The van der Waals surface area contributed by atoms with Gasteiger partial charge in [0.2, 0.25) is 0 Å². The number of imidazole rings is 1. The minimum absolute atomic E-state index is 0.704. The van der Waals surface area contributed by atoms with Gasteiger partial charge in [-0.2, -0.15) is 0 Å². The van der Waals surface area contributed by atoms with Gasteiger partial charge in [-0.1, -0.05) is 120 Å². The van der Waals surface area contributed by atoms with Crippen LogP contribution in [0.15, 0.2) is 121 Å². The van der Waals surface area contributed by atoms with E-state index in [-0.39, 0.29) is 0 Å². The van der Waals surface area contributed by atoms with Crippen LogP contribution < -0.4 is 0 Å². The van der Waals surface area contributed by atoms with E-state index in [1.54, 1.807) is 0 Å². The van der Waals surface area contributed by atoms with E-state index in [1.165, 1.54) is 16.2 Å². The van der Waals surface area contributed by atoms with Crippen LogP contribution in [-0.4, -0.2) is 9.38 Å². The largest absolute Gasteiger partial charge is 0.290 e. The van der Waals surface area contributed by atoms with Crippen molar-refractivity contribution in [2.24, 2.45) is 0 Å². The molecule has 2 heterocycles. The van der Waals surface area contributed by atoms with Gasteiger partial charge in [0.25, 0.3) is 0 Å². The third-order valence-corrected chi connectivity index (χ3v) is 8.18. The van der Waals surface area contributed by atoms with Crippen LogP contribution in [0.4, 0.5) is 0 Å². The summed E-state index contributed by atoms with van der Waals surface area (Å²) in [5, 5.41) is 8.40. The van der Waals surface area contributed by atoms with Crippen LogP contribution in [0.5, 0.6) is 0 Å². The minimum atomic E-state index is 0.704. The van der Waals surface area contributed by atoms with Crippen molar-refractivity contribution < 1.29 is 0 Å². The molecule has 0 radical (unpaired) electrons. The summed E-state index contributed by atoms with van der Waals surface area (Å²) in [4.78, 5) is 5.39. The Labute approximate surface area is 234 Å². The van der Waals surface area contributed by atoms with E-state index in [2.05, 4.69) is 101 Å². The zero-order chi connectivity index (χ0) is 26.1. The maximum absolute atomic E-state index is 6.37. The fourth-order valence-electron chi connectivity index (χ4n) is 6.03. The summed E-state index contributed by atoms with van der Waals surface area (Å²) in [6.07, 6.45) is 0. The molecule has 0 aliphatic rings. The van der Waals surface area contributed by atoms with E-state index < -0.39 is 0 Å². The molecule has 8 aromatic rings. The highest BCUT2D eigenvalue weighted by Crippen LogP contribution is 2.44. The maximum Gasteiger partial charge on any atom is 0.146 e. The summed E-state index contributed by atoms with van der Waals surface area (Å²) in [5.74, 6) is 0. The summed E-state index contributed by atoms with van der Waals surface area (Å²) in [6.45, 7) is 0. The standard InChI is InChI=1S/C35H20Cl2N2/c36-23-17-13-21(14-18-23)31-27-9-3-6-12-30(27)35-38-32-28-10-4-1-7-25(28)26-8-2-5-11-29(26)34(32)39(35)33(31)22-15-19-24(37)20-16-22/h1-20H. The smallest absolute Gasteiger partial charge is 0.146 e. The minimum Gasteiger partial charge on any atom is -0.290 e. The van der Waals surface area contributed by atoms with Gasteiger partial charge in [-0.15, -0.1) is 0 Å². The molecule has 0 aliphatic heterocycles. The normalized spacial score (nSPS) is 11.8. The molecule has 0 bridgehead atoms. The van der Waals surface area contributed by atoms with Gasteiger partial charge in [-0.3, -0.25) is 4.40 Å².